The van der Waals surface area contributed by atoms with Crippen molar-refractivity contribution in [2.24, 2.45) is 13.0 Å². The average molecular weight is 959 g/mol. The smallest absolute Gasteiger partial charge is 0.304 e. The van der Waals surface area contributed by atoms with Gasteiger partial charge in [0.25, 0.3) is 0 Å². The van der Waals surface area contributed by atoms with Crippen molar-refractivity contribution < 1.29 is 33.8 Å². The topological polar surface area (TPSA) is 159 Å². The van der Waals surface area contributed by atoms with Gasteiger partial charge in [-0.3, -0.25) is 24.1 Å². The molecule has 15 heteroatoms. The van der Waals surface area contributed by atoms with Gasteiger partial charge in [0.15, 0.2) is 0 Å². The molecule has 2 unspecified atom stereocenters. The van der Waals surface area contributed by atoms with Crippen molar-refractivity contribution in [2.75, 3.05) is 33.8 Å². The van der Waals surface area contributed by atoms with Gasteiger partial charge in [0.05, 0.1) is 49.0 Å². The summed E-state index contributed by atoms with van der Waals surface area (Å²) in [6, 6.07) is 29.2. The number of hydrogen-bond acceptors (Lipinski definition) is 9. The van der Waals surface area contributed by atoms with Crippen LogP contribution in [-0.2, 0) is 56.9 Å². The lowest BCUT2D eigenvalue weighted by molar-refractivity contribution is -0.152. The summed E-state index contributed by atoms with van der Waals surface area (Å²) in [4.78, 5) is 66.3. The summed E-state index contributed by atoms with van der Waals surface area (Å²) in [6.45, 7) is 6.96. The molecule has 3 N–H and O–H groups in total. The van der Waals surface area contributed by atoms with Crippen LogP contribution in [0.2, 0.25) is 5.02 Å². The number of carbonyl (C=O) groups is 4. The Hall–Kier alpha value is -6.06. The van der Waals surface area contributed by atoms with Crippen LogP contribution in [0.1, 0.15) is 80.5 Å². The molecule has 2 saturated heterocycles. The van der Waals surface area contributed by atoms with Gasteiger partial charge in [-0.1, -0.05) is 66.2 Å². The number of aromatic nitrogens is 2. The number of piperidine rings is 1. The molecule has 0 saturated carbocycles. The number of halogens is 1. The summed E-state index contributed by atoms with van der Waals surface area (Å²) in [5, 5.41) is 17.4. The van der Waals surface area contributed by atoms with Crippen molar-refractivity contribution in [3.05, 3.63) is 136 Å². The highest BCUT2D eigenvalue weighted by atomic mass is 35.5. The Morgan fingerprint density at radius 1 is 0.971 bits per heavy atom. The standard InChI is InChI=1S/C54H64ClN7O7/c1-35(56-30-39-13-8-10-15-47(39)69-41-23-18-38(19-24-41)45-31-57-48(60(45)6)32-59(4)5)51(66)62-46(33-68-53(62,2)3)50(65)58-54(29-36-16-21-40(55)22-17-36)26-11-27-61(34-54)52(67)44(28-49(63)64)43-25-20-37-12-7-9-14-42(37)43/h7-10,12-19,21-24,31,35,43-44,46,56H,11,20,25-30,32-34H2,1-6H3,(H,58,65)(H,63,64)/t35?,43-,44?,46+,54-/m1/s1. The van der Waals surface area contributed by atoms with Crippen molar-refractivity contribution in [1.82, 2.24) is 34.9 Å². The second-order valence-electron chi connectivity index (χ2n) is 19.7. The molecule has 8 rings (SSSR count). The first-order valence-electron chi connectivity index (χ1n) is 23.9. The number of likely N-dealkylation sites (tertiary alicyclic amines) is 1. The maximum Gasteiger partial charge on any atom is 0.304 e. The van der Waals surface area contributed by atoms with Crippen LogP contribution in [0.25, 0.3) is 11.3 Å². The summed E-state index contributed by atoms with van der Waals surface area (Å²) in [5.41, 5.74) is 3.91. The zero-order chi connectivity index (χ0) is 49.0. The highest BCUT2D eigenvalue weighted by molar-refractivity contribution is 6.30. The van der Waals surface area contributed by atoms with E-state index >= 15 is 0 Å². The van der Waals surface area contributed by atoms with Crippen LogP contribution in [0.4, 0.5) is 0 Å². The number of amides is 3. The fraction of sp³-hybridized carbons (Fsp3) is 0.426. The third kappa shape index (κ3) is 11.2. The van der Waals surface area contributed by atoms with Gasteiger partial charge < -0.3 is 39.6 Å². The van der Waals surface area contributed by atoms with Crippen molar-refractivity contribution in [3.8, 4) is 22.8 Å². The maximum absolute atomic E-state index is 14.8. The first-order valence-corrected chi connectivity index (χ1v) is 24.3. The van der Waals surface area contributed by atoms with Crippen LogP contribution >= 0.6 is 11.6 Å². The number of imidazole rings is 1. The molecule has 0 radical (unpaired) electrons. The molecular weight excluding hydrogens is 894 g/mol. The summed E-state index contributed by atoms with van der Waals surface area (Å²) >= 11 is 6.29. The minimum Gasteiger partial charge on any atom is -0.481 e. The Balaban J connectivity index is 0.965. The van der Waals surface area contributed by atoms with Crippen molar-refractivity contribution in [3.63, 3.8) is 0 Å². The number of hydrogen-bond donors (Lipinski definition) is 3. The van der Waals surface area contributed by atoms with Gasteiger partial charge in [-0.05, 0) is 132 Å². The van der Waals surface area contributed by atoms with E-state index in [0.29, 0.717) is 55.3 Å². The number of aryl methyl sites for hydroxylation is 1. The first-order chi connectivity index (χ1) is 33.0. The summed E-state index contributed by atoms with van der Waals surface area (Å²) < 4.78 is 14.7. The highest BCUT2D eigenvalue weighted by Gasteiger charge is 2.50. The predicted octanol–water partition coefficient (Wildman–Crippen LogP) is 7.58. The van der Waals surface area contributed by atoms with Gasteiger partial charge >= 0.3 is 5.97 Å². The number of carboxylic acid groups (broad SMARTS) is 1. The van der Waals surface area contributed by atoms with Crippen molar-refractivity contribution in [2.45, 2.75) is 102 Å². The number of carboxylic acids is 1. The summed E-state index contributed by atoms with van der Waals surface area (Å²) in [7, 11) is 6.05. The predicted molar refractivity (Wildman–Crippen MR) is 265 cm³/mol. The van der Waals surface area contributed by atoms with Crippen molar-refractivity contribution in [1.29, 1.82) is 0 Å². The zero-order valence-corrected chi connectivity index (χ0v) is 41.2. The van der Waals surface area contributed by atoms with E-state index in [1.807, 2.05) is 112 Å². The fourth-order valence-corrected chi connectivity index (χ4v) is 10.6. The Kier molecular flexibility index (Phi) is 14.9. The number of nitrogens with zero attached hydrogens (tertiary/aromatic N) is 5. The molecule has 1 aliphatic carbocycles. The van der Waals surface area contributed by atoms with E-state index in [2.05, 4.69) is 25.1 Å². The zero-order valence-electron chi connectivity index (χ0n) is 40.4. The van der Waals surface area contributed by atoms with E-state index in [-0.39, 0.29) is 37.3 Å². The average Bonchev–Trinajstić information content (AvgIpc) is 4.02. The van der Waals surface area contributed by atoms with E-state index < -0.39 is 41.1 Å². The molecule has 3 heterocycles. The normalized spacial score (nSPS) is 20.6. The number of benzene rings is 4. The van der Waals surface area contributed by atoms with Crippen molar-refractivity contribution >= 4 is 35.3 Å². The number of nitrogens with one attached hydrogen (secondary N) is 2. The van der Waals surface area contributed by atoms with Gasteiger partial charge in [-0.25, -0.2) is 4.98 Å². The SMILES string of the molecule is CC(NCc1ccccc1Oc1ccc(-c2cnc(CN(C)C)n2C)cc1)C(=O)N1[C@H](C(=O)N[C@@]2(Cc3ccc(Cl)cc3)CCCN(C(=O)C(CC(=O)O)[C@@H]3CCc4ccccc43)C2)COC1(C)C. The first kappa shape index (κ1) is 49.4. The summed E-state index contributed by atoms with van der Waals surface area (Å²) in [6.07, 6.45) is 4.59. The lowest BCUT2D eigenvalue weighted by Crippen LogP contribution is -2.65. The minimum atomic E-state index is -1.11. The number of aliphatic carboxylic acids is 1. The van der Waals surface area contributed by atoms with Gasteiger partial charge in [-0.2, -0.15) is 0 Å². The van der Waals surface area contributed by atoms with Crippen LogP contribution in [-0.4, -0.2) is 110 Å². The van der Waals surface area contributed by atoms with Gasteiger partial charge in [-0.15, -0.1) is 0 Å². The Morgan fingerprint density at radius 2 is 1.70 bits per heavy atom. The van der Waals surface area contributed by atoms with Crippen LogP contribution in [0.15, 0.2) is 103 Å². The highest BCUT2D eigenvalue weighted by Crippen LogP contribution is 2.42. The lowest BCUT2D eigenvalue weighted by Gasteiger charge is -2.46. The van der Waals surface area contributed by atoms with E-state index in [1.165, 1.54) is 4.90 Å². The van der Waals surface area contributed by atoms with E-state index in [0.717, 1.165) is 52.3 Å². The summed E-state index contributed by atoms with van der Waals surface area (Å²) in [5.74, 6) is -0.660. The van der Waals surface area contributed by atoms with E-state index in [9.17, 15) is 24.3 Å². The molecule has 2 aliphatic heterocycles. The third-order valence-corrected chi connectivity index (χ3v) is 14.2. The molecule has 4 aromatic carbocycles. The van der Waals surface area contributed by atoms with Crippen LogP contribution in [0, 0.1) is 5.92 Å². The number of fused-ring (bicyclic) bond motifs is 1. The minimum absolute atomic E-state index is 0.0218. The lowest BCUT2D eigenvalue weighted by atomic mass is 9.80. The Morgan fingerprint density at radius 3 is 2.43 bits per heavy atom. The molecule has 3 amide bonds. The second kappa shape index (κ2) is 20.9. The second-order valence-corrected chi connectivity index (χ2v) is 20.1. The molecule has 5 atom stereocenters. The van der Waals surface area contributed by atoms with Crippen LogP contribution in [0.3, 0.4) is 0 Å². The number of carbonyl (C=O) groups excluding carboxylic acids is 3. The molecular formula is C54H64ClN7O7. The monoisotopic (exact) mass is 957 g/mol. The molecule has 3 aliphatic rings. The fourth-order valence-electron chi connectivity index (χ4n) is 10.5. The van der Waals surface area contributed by atoms with E-state index in [1.54, 1.807) is 37.8 Å². The molecule has 364 valence electrons. The van der Waals surface area contributed by atoms with Crippen LogP contribution < -0.4 is 15.4 Å². The van der Waals surface area contributed by atoms with Gasteiger partial charge in [0.1, 0.15) is 29.1 Å². The molecule has 2 fully saturated rings. The molecule has 1 aromatic heterocycles. The van der Waals surface area contributed by atoms with Gasteiger partial charge in [0, 0.05) is 42.8 Å². The number of rotatable bonds is 17. The molecule has 5 aromatic rings. The Labute approximate surface area is 409 Å². The molecule has 14 nitrogen and oxygen atoms in total. The van der Waals surface area contributed by atoms with E-state index in [4.69, 9.17) is 21.1 Å². The maximum atomic E-state index is 14.8. The van der Waals surface area contributed by atoms with Gasteiger partial charge in [0.2, 0.25) is 17.7 Å². The number of para-hydroxylation sites is 1. The quantitative estimate of drug-likeness (QED) is 0.0849. The largest absolute Gasteiger partial charge is 0.481 e. The molecule has 69 heavy (non-hydrogen) atoms. The Bertz CT molecular complexity index is 2650. The number of ether oxygens (including phenoxy) is 2. The molecule has 0 spiro atoms. The van der Waals surface area contributed by atoms with Crippen LogP contribution in [0.5, 0.6) is 11.5 Å². The molecule has 0 bridgehead atoms. The third-order valence-electron chi connectivity index (χ3n) is 14.0.